The van der Waals surface area contributed by atoms with E-state index in [9.17, 15) is 14.4 Å². The molecule has 0 saturated carbocycles. The van der Waals surface area contributed by atoms with E-state index in [1.807, 2.05) is 66.4 Å². The van der Waals surface area contributed by atoms with Crippen molar-refractivity contribution in [1.82, 2.24) is 14.7 Å². The third-order valence-electron chi connectivity index (χ3n) is 6.18. The van der Waals surface area contributed by atoms with Crippen LogP contribution in [0.5, 0.6) is 0 Å². The number of rotatable bonds is 5. The third kappa shape index (κ3) is 4.95. The van der Waals surface area contributed by atoms with E-state index >= 15 is 0 Å². The first-order chi connectivity index (χ1) is 15.0. The van der Waals surface area contributed by atoms with Gasteiger partial charge in [0, 0.05) is 32.6 Å². The summed E-state index contributed by atoms with van der Waals surface area (Å²) in [6.45, 7) is 3.97. The van der Waals surface area contributed by atoms with Gasteiger partial charge >= 0.3 is 0 Å². The van der Waals surface area contributed by atoms with Gasteiger partial charge in [-0.2, -0.15) is 0 Å². The number of benzene rings is 2. The normalized spacial score (nSPS) is 19.3. The molecule has 162 valence electrons. The molecule has 2 aromatic rings. The first-order valence-electron chi connectivity index (χ1n) is 11.0. The SMILES string of the molecule is Cc1cccc(CN2CC(=O)N3CCN(C(=O)CCc4ccccc4)CCC3C2=O)c1. The summed E-state index contributed by atoms with van der Waals surface area (Å²) in [4.78, 5) is 43.9. The molecule has 2 aliphatic rings. The first kappa shape index (κ1) is 21.1. The number of carbonyl (C=O) groups excluding carboxylic acids is 3. The van der Waals surface area contributed by atoms with E-state index in [0.717, 1.165) is 16.7 Å². The second-order valence-corrected chi connectivity index (χ2v) is 8.44. The summed E-state index contributed by atoms with van der Waals surface area (Å²) < 4.78 is 0. The van der Waals surface area contributed by atoms with E-state index in [0.29, 0.717) is 45.4 Å². The van der Waals surface area contributed by atoms with Gasteiger partial charge in [0.15, 0.2) is 0 Å². The minimum atomic E-state index is -0.474. The fraction of sp³-hybridized carbons (Fsp3) is 0.400. The number of nitrogens with zero attached hydrogens (tertiary/aromatic N) is 3. The maximum atomic E-state index is 13.2. The molecule has 4 rings (SSSR count). The smallest absolute Gasteiger partial charge is 0.246 e. The lowest BCUT2D eigenvalue weighted by molar-refractivity contribution is -0.156. The Hall–Kier alpha value is -3.15. The van der Waals surface area contributed by atoms with Crippen molar-refractivity contribution in [3.8, 4) is 0 Å². The molecule has 0 aliphatic carbocycles. The van der Waals surface area contributed by atoms with Gasteiger partial charge in [0.05, 0.1) is 0 Å². The van der Waals surface area contributed by atoms with Gasteiger partial charge in [-0.25, -0.2) is 0 Å². The van der Waals surface area contributed by atoms with Crippen molar-refractivity contribution in [3.63, 3.8) is 0 Å². The molecule has 0 spiro atoms. The topological polar surface area (TPSA) is 60.9 Å². The van der Waals surface area contributed by atoms with Crippen molar-refractivity contribution in [2.75, 3.05) is 26.2 Å². The van der Waals surface area contributed by atoms with Crippen molar-refractivity contribution >= 4 is 17.7 Å². The highest BCUT2D eigenvalue weighted by molar-refractivity contribution is 5.95. The molecule has 0 N–H and O–H groups in total. The van der Waals surface area contributed by atoms with Crippen LogP contribution in [0.25, 0.3) is 0 Å². The molecule has 0 aromatic heterocycles. The molecule has 1 unspecified atom stereocenters. The Bertz CT molecular complexity index is 959. The molecule has 2 heterocycles. The third-order valence-corrected chi connectivity index (χ3v) is 6.18. The fourth-order valence-electron chi connectivity index (χ4n) is 4.50. The number of carbonyl (C=O) groups is 3. The maximum absolute atomic E-state index is 13.2. The second-order valence-electron chi connectivity index (χ2n) is 8.44. The van der Waals surface area contributed by atoms with E-state index < -0.39 is 6.04 Å². The molecule has 0 radical (unpaired) electrons. The Balaban J connectivity index is 1.38. The van der Waals surface area contributed by atoms with Gasteiger partial charge in [-0.05, 0) is 30.9 Å². The van der Waals surface area contributed by atoms with E-state index in [1.54, 1.807) is 9.80 Å². The van der Waals surface area contributed by atoms with Crippen molar-refractivity contribution in [2.45, 2.75) is 38.8 Å². The molecule has 2 fully saturated rings. The average molecular weight is 420 g/mol. The van der Waals surface area contributed by atoms with Crippen LogP contribution in [0.2, 0.25) is 0 Å². The van der Waals surface area contributed by atoms with Crippen LogP contribution in [-0.4, -0.2) is 64.6 Å². The number of piperazine rings is 1. The lowest BCUT2D eigenvalue weighted by Crippen LogP contribution is -2.59. The van der Waals surface area contributed by atoms with Crippen LogP contribution < -0.4 is 0 Å². The lowest BCUT2D eigenvalue weighted by atomic mass is 10.1. The summed E-state index contributed by atoms with van der Waals surface area (Å²) in [5.41, 5.74) is 3.30. The minimum absolute atomic E-state index is 0.0142. The van der Waals surface area contributed by atoms with Crippen LogP contribution in [0.1, 0.15) is 29.5 Å². The van der Waals surface area contributed by atoms with Crippen LogP contribution in [0.3, 0.4) is 0 Å². The van der Waals surface area contributed by atoms with E-state index in [1.165, 1.54) is 0 Å². The Kier molecular flexibility index (Phi) is 6.35. The largest absolute Gasteiger partial charge is 0.341 e. The molecule has 3 amide bonds. The van der Waals surface area contributed by atoms with Crippen LogP contribution in [0, 0.1) is 6.92 Å². The highest BCUT2D eigenvalue weighted by Gasteiger charge is 2.41. The number of hydrogen-bond acceptors (Lipinski definition) is 3. The van der Waals surface area contributed by atoms with E-state index in [4.69, 9.17) is 0 Å². The Labute approximate surface area is 183 Å². The van der Waals surface area contributed by atoms with Crippen LogP contribution in [-0.2, 0) is 27.3 Å². The number of aryl methyl sites for hydroxylation is 2. The zero-order valence-corrected chi connectivity index (χ0v) is 18.0. The van der Waals surface area contributed by atoms with Crippen molar-refractivity contribution in [1.29, 1.82) is 0 Å². The molecule has 6 nitrogen and oxygen atoms in total. The summed E-state index contributed by atoms with van der Waals surface area (Å²) in [6, 6.07) is 17.5. The van der Waals surface area contributed by atoms with Gasteiger partial charge in [0.1, 0.15) is 12.6 Å². The summed E-state index contributed by atoms with van der Waals surface area (Å²) in [5.74, 6) is 0.0377. The van der Waals surface area contributed by atoms with Gasteiger partial charge in [0.25, 0.3) is 0 Å². The monoisotopic (exact) mass is 419 g/mol. The van der Waals surface area contributed by atoms with Gasteiger partial charge in [-0.1, -0.05) is 60.2 Å². The van der Waals surface area contributed by atoms with Crippen molar-refractivity contribution in [3.05, 3.63) is 71.3 Å². The Morgan fingerprint density at radius 3 is 2.52 bits per heavy atom. The van der Waals surface area contributed by atoms with Crippen molar-refractivity contribution in [2.24, 2.45) is 0 Å². The molecule has 1 atom stereocenters. The minimum Gasteiger partial charge on any atom is -0.341 e. The number of fused-ring (bicyclic) bond motifs is 1. The zero-order valence-electron chi connectivity index (χ0n) is 18.0. The zero-order chi connectivity index (χ0) is 21.8. The second kappa shape index (κ2) is 9.33. The summed E-state index contributed by atoms with van der Waals surface area (Å²) in [7, 11) is 0. The highest BCUT2D eigenvalue weighted by atomic mass is 16.2. The molecule has 2 saturated heterocycles. The first-order valence-corrected chi connectivity index (χ1v) is 11.0. The molecule has 6 heteroatoms. The average Bonchev–Trinajstić information content (AvgIpc) is 3.00. The maximum Gasteiger partial charge on any atom is 0.246 e. The predicted molar refractivity (Wildman–Crippen MR) is 118 cm³/mol. The van der Waals surface area contributed by atoms with E-state index in [-0.39, 0.29) is 24.3 Å². The number of amides is 3. The van der Waals surface area contributed by atoms with E-state index in [2.05, 4.69) is 0 Å². The molecular weight excluding hydrogens is 390 g/mol. The molecule has 2 aliphatic heterocycles. The van der Waals surface area contributed by atoms with Gasteiger partial charge < -0.3 is 14.7 Å². The van der Waals surface area contributed by atoms with Crippen LogP contribution in [0.15, 0.2) is 54.6 Å². The van der Waals surface area contributed by atoms with Crippen LogP contribution >= 0.6 is 0 Å². The number of hydrogen-bond donors (Lipinski definition) is 0. The molecular formula is C25H29N3O3. The quantitative estimate of drug-likeness (QED) is 0.748. The standard InChI is InChI=1S/C25H29N3O3/c1-19-6-5-9-21(16-19)17-27-18-24(30)28-15-14-26(13-12-22(28)25(27)31)23(29)11-10-20-7-3-2-4-8-20/h2-9,16,22H,10-15,17-18H2,1H3. The van der Waals surface area contributed by atoms with Gasteiger partial charge in [-0.15, -0.1) is 0 Å². The predicted octanol–water partition coefficient (Wildman–Crippen LogP) is 2.40. The Morgan fingerprint density at radius 1 is 0.968 bits per heavy atom. The van der Waals surface area contributed by atoms with Gasteiger partial charge in [0.2, 0.25) is 17.7 Å². The fourth-order valence-corrected chi connectivity index (χ4v) is 4.50. The molecule has 31 heavy (non-hydrogen) atoms. The summed E-state index contributed by atoms with van der Waals surface area (Å²) in [6.07, 6.45) is 1.63. The molecule has 0 bridgehead atoms. The lowest BCUT2D eigenvalue weighted by Gasteiger charge is -2.39. The van der Waals surface area contributed by atoms with Gasteiger partial charge in [-0.3, -0.25) is 14.4 Å². The van der Waals surface area contributed by atoms with Crippen LogP contribution in [0.4, 0.5) is 0 Å². The highest BCUT2D eigenvalue weighted by Crippen LogP contribution is 2.21. The summed E-state index contributed by atoms with van der Waals surface area (Å²) in [5, 5.41) is 0. The summed E-state index contributed by atoms with van der Waals surface area (Å²) >= 11 is 0. The molecule has 2 aromatic carbocycles. The Morgan fingerprint density at radius 2 is 1.74 bits per heavy atom. The van der Waals surface area contributed by atoms with Crippen molar-refractivity contribution < 1.29 is 14.4 Å².